The van der Waals surface area contributed by atoms with Gasteiger partial charge in [-0.25, -0.2) is 0 Å². The summed E-state index contributed by atoms with van der Waals surface area (Å²) in [6.45, 7) is 11.7. The molecule has 0 atom stereocenters. The number of ether oxygens (including phenoxy) is 2. The average molecular weight is 461 g/mol. The zero-order chi connectivity index (χ0) is 24.2. The van der Waals surface area contributed by atoms with Crippen LogP contribution in [0, 0.1) is 11.8 Å². The number of nitrogens with zero attached hydrogens (tertiary/aromatic N) is 6. The Bertz CT molecular complexity index is 1250. The van der Waals surface area contributed by atoms with Crippen LogP contribution in [0.3, 0.4) is 0 Å². The van der Waals surface area contributed by atoms with Crippen molar-refractivity contribution in [1.29, 1.82) is 0 Å². The van der Waals surface area contributed by atoms with Gasteiger partial charge in [0.05, 0.1) is 25.3 Å². The maximum atomic E-state index is 5.48. The average Bonchev–Trinajstić information content (AvgIpc) is 3.41. The second-order valence-electron chi connectivity index (χ2n) is 7.77. The van der Waals surface area contributed by atoms with Crippen LogP contribution in [0.1, 0.15) is 39.1 Å². The van der Waals surface area contributed by atoms with Gasteiger partial charge >= 0.3 is 0 Å². The van der Waals surface area contributed by atoms with Gasteiger partial charge < -0.3 is 9.47 Å². The number of benzene rings is 2. The molecule has 2 heterocycles. The second-order valence-corrected chi connectivity index (χ2v) is 7.77. The van der Waals surface area contributed by atoms with Crippen molar-refractivity contribution >= 4 is 21.8 Å². The van der Waals surface area contributed by atoms with Crippen molar-refractivity contribution < 1.29 is 9.47 Å². The molecule has 0 saturated carbocycles. The highest BCUT2D eigenvalue weighted by atomic mass is 16.5. The van der Waals surface area contributed by atoms with Crippen LogP contribution >= 0.6 is 0 Å². The lowest BCUT2D eigenvalue weighted by molar-refractivity contribution is 0.415. The van der Waals surface area contributed by atoms with Crippen LogP contribution in [0.2, 0.25) is 0 Å². The first-order chi connectivity index (χ1) is 16.6. The molecular weight excluding hydrogens is 428 g/mol. The van der Waals surface area contributed by atoms with Crippen LogP contribution in [0.4, 0.5) is 0 Å². The summed E-state index contributed by atoms with van der Waals surface area (Å²) >= 11 is 0. The van der Waals surface area contributed by atoms with Crippen LogP contribution in [-0.4, -0.2) is 60.2 Å². The molecule has 0 aliphatic carbocycles. The fourth-order valence-electron chi connectivity index (χ4n) is 4.10. The Labute approximate surface area is 200 Å². The molecule has 0 fully saturated rings. The second kappa shape index (κ2) is 9.96. The van der Waals surface area contributed by atoms with Gasteiger partial charge in [0.2, 0.25) is 0 Å². The molecule has 0 bridgehead atoms. The van der Waals surface area contributed by atoms with E-state index in [4.69, 9.17) is 19.7 Å². The molecule has 0 unspecified atom stereocenters. The standard InChI is InChI=1S/C26H32N6O2/c1-7-29(8-2)31-25(21-17-19(33-5)11-13-23(21)27-31)15-16-26-22-18-20(34-6)12-14-24(22)28-32(26)30(9-3)10-4/h11-14,17-18H,7-10H2,1-6H3. The molecule has 4 rings (SSSR count). The van der Waals surface area contributed by atoms with Crippen molar-refractivity contribution in [3.63, 3.8) is 0 Å². The van der Waals surface area contributed by atoms with E-state index in [1.54, 1.807) is 14.2 Å². The summed E-state index contributed by atoms with van der Waals surface area (Å²) in [5, 5.41) is 15.9. The third-order valence-corrected chi connectivity index (χ3v) is 6.02. The van der Waals surface area contributed by atoms with Gasteiger partial charge in [-0.1, -0.05) is 0 Å². The predicted molar refractivity (Wildman–Crippen MR) is 137 cm³/mol. The van der Waals surface area contributed by atoms with Gasteiger partial charge in [-0.05, 0) is 75.9 Å². The largest absolute Gasteiger partial charge is 0.497 e. The normalized spacial score (nSPS) is 10.9. The van der Waals surface area contributed by atoms with Gasteiger partial charge in [-0.15, -0.1) is 0 Å². The Morgan fingerprint density at radius 1 is 0.676 bits per heavy atom. The molecule has 0 spiro atoms. The molecule has 0 N–H and O–H groups in total. The van der Waals surface area contributed by atoms with E-state index < -0.39 is 0 Å². The lowest BCUT2D eigenvalue weighted by Crippen LogP contribution is -2.36. The van der Waals surface area contributed by atoms with Gasteiger partial charge in [-0.3, -0.25) is 10.0 Å². The van der Waals surface area contributed by atoms with Crippen molar-refractivity contribution in [1.82, 2.24) is 19.8 Å². The van der Waals surface area contributed by atoms with Crippen LogP contribution < -0.4 is 19.5 Å². The SMILES string of the molecule is CCN(CC)n1nc2ccc(OC)cc2c1C#Cc1c2cc(OC)ccc2nn1N(CC)CC. The zero-order valence-corrected chi connectivity index (χ0v) is 20.8. The lowest BCUT2D eigenvalue weighted by Gasteiger charge is -2.22. The number of rotatable bonds is 8. The maximum absolute atomic E-state index is 5.48. The first-order valence-corrected chi connectivity index (χ1v) is 11.7. The van der Waals surface area contributed by atoms with E-state index in [9.17, 15) is 0 Å². The van der Waals surface area contributed by atoms with Gasteiger partial charge in [0.15, 0.2) is 0 Å². The molecule has 0 saturated heterocycles. The van der Waals surface area contributed by atoms with E-state index in [0.29, 0.717) is 0 Å². The van der Waals surface area contributed by atoms with Crippen molar-refractivity contribution in [2.24, 2.45) is 0 Å². The Kier molecular flexibility index (Phi) is 6.82. The number of fused-ring (bicyclic) bond motifs is 2. The highest BCUT2D eigenvalue weighted by molar-refractivity contribution is 5.88. The predicted octanol–water partition coefficient (Wildman–Crippen LogP) is 3.76. The zero-order valence-electron chi connectivity index (χ0n) is 20.8. The molecule has 4 aromatic rings. The third kappa shape index (κ3) is 4.10. The van der Waals surface area contributed by atoms with Crippen molar-refractivity contribution in [3.05, 3.63) is 47.8 Å². The van der Waals surface area contributed by atoms with Gasteiger partial charge in [0.1, 0.15) is 22.9 Å². The van der Waals surface area contributed by atoms with Gasteiger partial charge in [-0.2, -0.15) is 19.8 Å². The highest BCUT2D eigenvalue weighted by Gasteiger charge is 2.17. The molecular formula is C26H32N6O2. The molecule has 0 aliphatic heterocycles. The number of methoxy groups -OCH3 is 2. The van der Waals surface area contributed by atoms with E-state index in [1.165, 1.54) is 0 Å². The van der Waals surface area contributed by atoms with E-state index >= 15 is 0 Å². The summed E-state index contributed by atoms with van der Waals surface area (Å²) in [4.78, 5) is 3.83. The molecule has 178 valence electrons. The van der Waals surface area contributed by atoms with Crippen molar-refractivity contribution in [2.75, 3.05) is 50.4 Å². The van der Waals surface area contributed by atoms with E-state index in [1.807, 2.05) is 46.0 Å². The smallest absolute Gasteiger partial charge is 0.143 e. The van der Waals surface area contributed by atoms with E-state index in [-0.39, 0.29) is 0 Å². The van der Waals surface area contributed by atoms with Crippen molar-refractivity contribution in [2.45, 2.75) is 27.7 Å². The first kappa shape index (κ1) is 23.3. The maximum Gasteiger partial charge on any atom is 0.143 e. The summed E-state index contributed by atoms with van der Waals surface area (Å²) < 4.78 is 11.0. The van der Waals surface area contributed by atoms with E-state index in [2.05, 4.69) is 49.6 Å². The van der Waals surface area contributed by atoms with Crippen LogP contribution in [0.25, 0.3) is 21.8 Å². The number of hydrogen-bond donors (Lipinski definition) is 0. The Balaban J connectivity index is 1.98. The molecule has 34 heavy (non-hydrogen) atoms. The summed E-state index contributed by atoms with van der Waals surface area (Å²) in [6, 6.07) is 11.8. The summed E-state index contributed by atoms with van der Waals surface area (Å²) in [5.41, 5.74) is 3.39. The minimum Gasteiger partial charge on any atom is -0.497 e. The molecule has 2 aromatic heterocycles. The summed E-state index contributed by atoms with van der Waals surface area (Å²) in [5.74, 6) is 8.43. The topological polar surface area (TPSA) is 60.6 Å². The molecule has 0 amide bonds. The van der Waals surface area contributed by atoms with Crippen LogP contribution in [-0.2, 0) is 0 Å². The minimum absolute atomic E-state index is 0.776. The fraction of sp³-hybridized carbons (Fsp3) is 0.385. The quantitative estimate of drug-likeness (QED) is 0.373. The molecule has 0 aliphatic rings. The van der Waals surface area contributed by atoms with Crippen LogP contribution in [0.5, 0.6) is 11.5 Å². The Hall–Kier alpha value is -3.86. The fourth-order valence-corrected chi connectivity index (χ4v) is 4.10. The molecule has 2 aromatic carbocycles. The highest BCUT2D eigenvalue weighted by Crippen LogP contribution is 2.26. The Morgan fingerprint density at radius 2 is 1.06 bits per heavy atom. The minimum atomic E-state index is 0.776. The number of hydrogen-bond acceptors (Lipinski definition) is 6. The third-order valence-electron chi connectivity index (χ3n) is 6.02. The van der Waals surface area contributed by atoms with Crippen molar-refractivity contribution in [3.8, 4) is 23.3 Å². The monoisotopic (exact) mass is 460 g/mol. The van der Waals surface area contributed by atoms with Gasteiger partial charge in [0.25, 0.3) is 0 Å². The molecule has 0 radical (unpaired) electrons. The first-order valence-electron chi connectivity index (χ1n) is 11.7. The van der Waals surface area contributed by atoms with E-state index in [0.717, 1.165) is 70.9 Å². The lowest BCUT2D eigenvalue weighted by atomic mass is 10.1. The Morgan fingerprint density at radius 3 is 1.38 bits per heavy atom. The molecule has 8 heteroatoms. The summed E-state index contributed by atoms with van der Waals surface area (Å²) in [6.07, 6.45) is 0. The van der Waals surface area contributed by atoms with Gasteiger partial charge in [0, 0.05) is 37.0 Å². The molecule has 8 nitrogen and oxygen atoms in total. The van der Waals surface area contributed by atoms with Crippen LogP contribution in [0.15, 0.2) is 36.4 Å². The number of aromatic nitrogens is 4. The summed E-state index contributed by atoms with van der Waals surface area (Å²) in [7, 11) is 3.34.